The topological polar surface area (TPSA) is 35.5 Å². The molecular weight excluding hydrogens is 182 g/mol. The zero-order valence-electron chi connectivity index (χ0n) is 6.97. The highest BCUT2D eigenvalue weighted by atomic mass is 19.3. The van der Waals surface area contributed by atoms with Crippen LogP contribution >= 0.6 is 0 Å². The van der Waals surface area contributed by atoms with Crippen molar-refractivity contribution in [3.05, 3.63) is 0 Å². The molecule has 1 rings (SSSR count). The molecule has 1 aliphatic heterocycles. The van der Waals surface area contributed by atoms with Gasteiger partial charge in [-0.05, 0) is 5.92 Å². The second kappa shape index (κ2) is 3.81. The average Bonchev–Trinajstić information content (AvgIpc) is 1.94. The zero-order chi connectivity index (χ0) is 9.90. The van der Waals surface area contributed by atoms with Gasteiger partial charge in [-0.2, -0.15) is 8.78 Å². The number of ketones is 1. The lowest BCUT2D eigenvalue weighted by Crippen LogP contribution is -2.41. The van der Waals surface area contributed by atoms with Crippen molar-refractivity contribution >= 4 is 5.78 Å². The van der Waals surface area contributed by atoms with E-state index in [0.717, 1.165) is 6.92 Å². The van der Waals surface area contributed by atoms with Crippen LogP contribution in [0.25, 0.3) is 0 Å². The van der Waals surface area contributed by atoms with E-state index in [4.69, 9.17) is 0 Å². The van der Waals surface area contributed by atoms with Crippen molar-refractivity contribution in [3.8, 4) is 11.8 Å². The molecule has 0 aromatic heterocycles. The van der Waals surface area contributed by atoms with E-state index in [1.807, 2.05) is 0 Å². The van der Waals surface area contributed by atoms with E-state index in [1.165, 1.54) is 5.92 Å². The molecular formula is C8H8F2O3. The van der Waals surface area contributed by atoms with Crippen LogP contribution in [0.15, 0.2) is 0 Å². The van der Waals surface area contributed by atoms with E-state index >= 15 is 0 Å². The smallest absolute Gasteiger partial charge is 0.376 e. The van der Waals surface area contributed by atoms with E-state index in [2.05, 4.69) is 9.47 Å². The van der Waals surface area contributed by atoms with Gasteiger partial charge in [-0.1, -0.05) is 0 Å². The molecule has 72 valence electrons. The van der Waals surface area contributed by atoms with Crippen molar-refractivity contribution in [1.29, 1.82) is 0 Å². The minimum atomic E-state index is -3.56. The van der Waals surface area contributed by atoms with E-state index in [1.54, 1.807) is 5.92 Å². The summed E-state index contributed by atoms with van der Waals surface area (Å²) in [6.45, 7) is 1.41. The van der Waals surface area contributed by atoms with Gasteiger partial charge in [-0.3, -0.25) is 4.79 Å². The van der Waals surface area contributed by atoms with Gasteiger partial charge in [-0.25, -0.2) is 0 Å². The van der Waals surface area contributed by atoms with Crippen LogP contribution < -0.4 is 0 Å². The minimum absolute atomic E-state index is 0.150. The van der Waals surface area contributed by atoms with Gasteiger partial charge < -0.3 is 9.47 Å². The number of carbonyl (C=O) groups is 1. The zero-order valence-corrected chi connectivity index (χ0v) is 6.97. The lowest BCUT2D eigenvalue weighted by atomic mass is 10.3. The van der Waals surface area contributed by atoms with Crippen LogP contribution in [0.4, 0.5) is 8.78 Å². The van der Waals surface area contributed by atoms with Crippen molar-refractivity contribution in [3.63, 3.8) is 0 Å². The van der Waals surface area contributed by atoms with Crippen LogP contribution in [0.5, 0.6) is 0 Å². The van der Waals surface area contributed by atoms with E-state index in [0.29, 0.717) is 0 Å². The molecule has 0 aliphatic carbocycles. The SMILES string of the molecule is CC(=O)C#CC(F)(F)OC1COC1. The van der Waals surface area contributed by atoms with Crippen LogP contribution in [0.3, 0.4) is 0 Å². The normalized spacial score (nSPS) is 17.2. The molecule has 0 atom stereocenters. The van der Waals surface area contributed by atoms with Crippen molar-refractivity contribution in [1.82, 2.24) is 0 Å². The fourth-order valence-corrected chi connectivity index (χ4v) is 0.682. The van der Waals surface area contributed by atoms with Crippen LogP contribution in [0, 0.1) is 11.8 Å². The van der Waals surface area contributed by atoms with E-state index in [9.17, 15) is 13.6 Å². The molecule has 1 heterocycles. The van der Waals surface area contributed by atoms with Gasteiger partial charge in [0.2, 0.25) is 5.78 Å². The lowest BCUT2D eigenvalue weighted by molar-refractivity contribution is -0.268. The standard InChI is InChI=1S/C8H8F2O3/c1-6(11)2-3-8(9,10)13-7-4-12-5-7/h7H,4-5H2,1H3. The van der Waals surface area contributed by atoms with Crippen molar-refractivity contribution in [2.75, 3.05) is 13.2 Å². The molecule has 1 aliphatic rings. The Bertz CT molecular complexity index is 260. The first-order chi connectivity index (χ1) is 5.99. The van der Waals surface area contributed by atoms with Crippen LogP contribution in [0.2, 0.25) is 0 Å². The van der Waals surface area contributed by atoms with Crippen molar-refractivity contribution < 1.29 is 23.0 Å². The molecule has 3 nitrogen and oxygen atoms in total. The summed E-state index contributed by atoms with van der Waals surface area (Å²) in [5, 5.41) is 0. The fraction of sp³-hybridized carbons (Fsp3) is 0.625. The maximum Gasteiger partial charge on any atom is 0.424 e. The number of halogens is 2. The Hall–Kier alpha value is -0.990. The van der Waals surface area contributed by atoms with E-state index in [-0.39, 0.29) is 13.2 Å². The van der Waals surface area contributed by atoms with Crippen LogP contribution in [-0.4, -0.2) is 31.2 Å². The summed E-state index contributed by atoms with van der Waals surface area (Å²) in [7, 11) is 0. The Balaban J connectivity index is 2.45. The molecule has 0 aromatic carbocycles. The van der Waals surface area contributed by atoms with Gasteiger partial charge in [0.15, 0.2) is 0 Å². The molecule has 0 N–H and O–H groups in total. The van der Waals surface area contributed by atoms with Gasteiger partial charge in [-0.15, -0.1) is 0 Å². The van der Waals surface area contributed by atoms with Crippen LogP contribution in [0.1, 0.15) is 6.92 Å². The molecule has 0 amide bonds. The molecule has 13 heavy (non-hydrogen) atoms. The third-order valence-electron chi connectivity index (χ3n) is 1.31. The Morgan fingerprint density at radius 2 is 2.23 bits per heavy atom. The number of Topliss-reactive ketones (excluding diaryl/α,β-unsaturated/α-hetero) is 1. The Morgan fingerprint density at radius 1 is 1.62 bits per heavy atom. The van der Waals surface area contributed by atoms with E-state index < -0.39 is 18.0 Å². The Labute approximate surface area is 74.0 Å². The number of hydrogen-bond donors (Lipinski definition) is 0. The van der Waals surface area contributed by atoms with Gasteiger partial charge in [0.1, 0.15) is 6.10 Å². The van der Waals surface area contributed by atoms with Crippen LogP contribution in [-0.2, 0) is 14.3 Å². The molecule has 0 unspecified atom stereocenters. The van der Waals surface area contributed by atoms with Gasteiger partial charge in [0.25, 0.3) is 0 Å². The quantitative estimate of drug-likeness (QED) is 0.472. The second-order valence-corrected chi connectivity index (χ2v) is 2.60. The third-order valence-corrected chi connectivity index (χ3v) is 1.31. The van der Waals surface area contributed by atoms with Gasteiger partial charge >= 0.3 is 6.11 Å². The molecule has 1 fully saturated rings. The minimum Gasteiger partial charge on any atom is -0.376 e. The second-order valence-electron chi connectivity index (χ2n) is 2.60. The monoisotopic (exact) mass is 190 g/mol. The number of rotatable bonds is 2. The number of ether oxygens (including phenoxy) is 2. The molecule has 0 spiro atoms. The molecule has 5 heteroatoms. The van der Waals surface area contributed by atoms with Crippen molar-refractivity contribution in [2.24, 2.45) is 0 Å². The first-order valence-corrected chi connectivity index (χ1v) is 3.67. The highest BCUT2D eigenvalue weighted by Gasteiger charge is 2.34. The summed E-state index contributed by atoms with van der Waals surface area (Å²) in [6, 6.07) is 0. The maximum atomic E-state index is 12.7. The third kappa shape index (κ3) is 3.49. The molecule has 0 radical (unpaired) electrons. The Morgan fingerprint density at radius 3 is 2.62 bits per heavy atom. The summed E-state index contributed by atoms with van der Waals surface area (Å²) in [5.41, 5.74) is 0. The first kappa shape index (κ1) is 10.1. The number of carbonyl (C=O) groups excluding carboxylic acids is 1. The van der Waals surface area contributed by atoms with Crippen molar-refractivity contribution in [2.45, 2.75) is 19.1 Å². The average molecular weight is 190 g/mol. The predicted octanol–water partition coefficient (Wildman–Crippen LogP) is 0.587. The molecule has 0 aromatic rings. The summed E-state index contributed by atoms with van der Waals surface area (Å²) < 4.78 is 34.2. The first-order valence-electron chi connectivity index (χ1n) is 3.67. The van der Waals surface area contributed by atoms with Gasteiger partial charge in [0, 0.05) is 12.8 Å². The molecule has 0 saturated carbocycles. The molecule has 1 saturated heterocycles. The maximum absolute atomic E-state index is 12.7. The molecule has 0 bridgehead atoms. The largest absolute Gasteiger partial charge is 0.424 e. The highest BCUT2D eigenvalue weighted by Crippen LogP contribution is 2.19. The number of hydrogen-bond acceptors (Lipinski definition) is 3. The predicted molar refractivity (Wildman–Crippen MR) is 39.1 cm³/mol. The number of alkyl halides is 2. The van der Waals surface area contributed by atoms with Gasteiger partial charge in [0.05, 0.1) is 13.2 Å². The lowest BCUT2D eigenvalue weighted by Gasteiger charge is -2.27. The fourth-order valence-electron chi connectivity index (χ4n) is 0.682. The summed E-state index contributed by atoms with van der Waals surface area (Å²) in [6.07, 6.45) is -4.17. The summed E-state index contributed by atoms with van der Waals surface area (Å²) in [5.74, 6) is 2.56. The summed E-state index contributed by atoms with van der Waals surface area (Å²) >= 11 is 0. The Kier molecular flexibility index (Phi) is 2.96. The highest BCUT2D eigenvalue weighted by molar-refractivity contribution is 5.93. The summed E-state index contributed by atoms with van der Waals surface area (Å²) in [4.78, 5) is 10.3.